The van der Waals surface area contributed by atoms with Crippen molar-refractivity contribution in [1.29, 1.82) is 0 Å². The Balaban J connectivity index is 0.00000324. The molecule has 0 unspecified atom stereocenters. The van der Waals surface area contributed by atoms with Gasteiger partial charge in [-0.05, 0) is 12.8 Å². The Morgan fingerprint density at radius 1 is 1.16 bits per heavy atom. The second-order valence-electron chi connectivity index (χ2n) is 4.29. The summed E-state index contributed by atoms with van der Waals surface area (Å²) in [7, 11) is 2.57. The molecule has 0 N–H and O–H groups in total. The molecule has 0 amide bonds. The molecule has 0 spiro atoms. The number of rotatable bonds is 9. The highest BCUT2D eigenvalue weighted by molar-refractivity contribution is 6.60. The summed E-state index contributed by atoms with van der Waals surface area (Å²) in [6.45, 7) is 4.21. The minimum atomic E-state index is -2.40. The topological polar surface area (TPSA) is 36.5 Å². The molecule has 1 rings (SSSR count). The summed E-state index contributed by atoms with van der Waals surface area (Å²) in [6.07, 6.45) is 8.49. The average Bonchev–Trinajstić information content (AvgIpc) is 2.84. The molecule has 7 heteroatoms. The second-order valence-corrected chi connectivity index (χ2v) is 7.38. The van der Waals surface area contributed by atoms with Gasteiger partial charge in [0.1, 0.15) is 12.4 Å². The third kappa shape index (κ3) is 5.62. The summed E-state index contributed by atoms with van der Waals surface area (Å²) in [5, 5.41) is 0. The summed E-state index contributed by atoms with van der Waals surface area (Å²) in [4.78, 5) is 0. The third-order valence-electron chi connectivity index (χ3n) is 3.06. The van der Waals surface area contributed by atoms with Crippen molar-refractivity contribution in [2.45, 2.75) is 38.9 Å². The van der Waals surface area contributed by atoms with Crippen molar-refractivity contribution in [2.75, 3.05) is 21.3 Å². The minimum absolute atomic E-state index is 0. The lowest BCUT2D eigenvalue weighted by Gasteiger charge is -2.23. The van der Waals surface area contributed by atoms with Gasteiger partial charge in [-0.15, -0.1) is 0 Å². The standard InChI is InChI=1S/C12H25N2O3Si.ClH/c1-5-7-13-9-10-14(12-13)8-6-11-18(15-2,16-3)17-4;/h9-10,12H,5-8,11H2,1-4H3;1H/q+1;/p-1. The van der Waals surface area contributed by atoms with Gasteiger partial charge in [-0.1, -0.05) is 6.92 Å². The molecule has 0 bridgehead atoms. The lowest BCUT2D eigenvalue weighted by atomic mass is 10.5. The summed E-state index contributed by atoms with van der Waals surface area (Å²) in [5.41, 5.74) is 0. The van der Waals surface area contributed by atoms with Crippen LogP contribution in [0, 0.1) is 0 Å². The van der Waals surface area contributed by atoms with Crippen LogP contribution >= 0.6 is 0 Å². The van der Waals surface area contributed by atoms with Crippen LogP contribution in [0.25, 0.3) is 0 Å². The maximum atomic E-state index is 5.40. The first-order valence-corrected chi connectivity index (χ1v) is 8.33. The number of aromatic nitrogens is 2. The van der Waals surface area contributed by atoms with Gasteiger partial charge >= 0.3 is 8.80 Å². The molecule has 0 aliphatic heterocycles. The normalized spacial score (nSPS) is 11.4. The molecule has 0 radical (unpaired) electrons. The van der Waals surface area contributed by atoms with Crippen molar-refractivity contribution in [3.63, 3.8) is 0 Å². The molecule has 1 aromatic rings. The van der Waals surface area contributed by atoms with Gasteiger partial charge in [0.05, 0.1) is 13.1 Å². The quantitative estimate of drug-likeness (QED) is 0.410. The molecular formula is C12H25ClN2O3Si. The van der Waals surface area contributed by atoms with Crippen molar-refractivity contribution in [1.82, 2.24) is 4.57 Å². The molecule has 19 heavy (non-hydrogen) atoms. The molecule has 1 heterocycles. The predicted molar refractivity (Wildman–Crippen MR) is 71.1 cm³/mol. The first kappa shape index (κ1) is 18.6. The summed E-state index contributed by atoms with van der Waals surface area (Å²) >= 11 is 0. The fourth-order valence-electron chi connectivity index (χ4n) is 2.00. The molecule has 0 saturated heterocycles. The van der Waals surface area contributed by atoms with Gasteiger partial charge in [0.2, 0.25) is 6.33 Å². The van der Waals surface area contributed by atoms with Crippen LogP contribution in [0.2, 0.25) is 6.04 Å². The molecule has 0 aliphatic rings. The van der Waals surface area contributed by atoms with E-state index in [1.165, 1.54) is 0 Å². The lowest BCUT2D eigenvalue weighted by molar-refractivity contribution is -0.696. The zero-order valence-corrected chi connectivity index (χ0v) is 14.0. The van der Waals surface area contributed by atoms with Crippen molar-refractivity contribution >= 4 is 8.80 Å². The van der Waals surface area contributed by atoms with Gasteiger partial charge in [-0.25, -0.2) is 9.13 Å². The molecule has 0 atom stereocenters. The molecule has 1 aromatic heterocycles. The van der Waals surface area contributed by atoms with Crippen LogP contribution in [0.5, 0.6) is 0 Å². The fraction of sp³-hybridized carbons (Fsp3) is 0.750. The molecular weight excluding hydrogens is 284 g/mol. The first-order valence-electron chi connectivity index (χ1n) is 6.40. The van der Waals surface area contributed by atoms with E-state index in [2.05, 4.69) is 34.8 Å². The summed E-state index contributed by atoms with van der Waals surface area (Å²) in [5.74, 6) is 0. The van der Waals surface area contributed by atoms with Gasteiger partial charge in [0, 0.05) is 27.4 Å². The lowest BCUT2D eigenvalue weighted by Crippen LogP contribution is -3.00. The zero-order valence-electron chi connectivity index (χ0n) is 12.3. The van der Waals surface area contributed by atoms with E-state index in [0.29, 0.717) is 0 Å². The maximum absolute atomic E-state index is 5.40. The van der Waals surface area contributed by atoms with Crippen molar-refractivity contribution in [3.05, 3.63) is 18.7 Å². The number of halogens is 1. The fourth-order valence-corrected chi connectivity index (χ4v) is 3.70. The average molecular weight is 309 g/mol. The molecule has 0 aliphatic carbocycles. The Morgan fingerprint density at radius 2 is 1.79 bits per heavy atom. The van der Waals surface area contributed by atoms with Crippen LogP contribution in [-0.4, -0.2) is 34.7 Å². The van der Waals surface area contributed by atoms with E-state index in [0.717, 1.165) is 32.0 Å². The van der Waals surface area contributed by atoms with E-state index >= 15 is 0 Å². The van der Waals surface area contributed by atoms with Crippen molar-refractivity contribution < 1.29 is 30.3 Å². The van der Waals surface area contributed by atoms with Gasteiger partial charge in [-0.2, -0.15) is 0 Å². The van der Waals surface area contributed by atoms with E-state index in [-0.39, 0.29) is 12.4 Å². The van der Waals surface area contributed by atoms with E-state index in [4.69, 9.17) is 13.3 Å². The number of imidazole rings is 1. The van der Waals surface area contributed by atoms with Gasteiger partial charge < -0.3 is 25.7 Å². The van der Waals surface area contributed by atoms with E-state index in [1.54, 1.807) is 21.3 Å². The first-order chi connectivity index (χ1) is 8.69. The van der Waals surface area contributed by atoms with Gasteiger partial charge in [-0.3, -0.25) is 0 Å². The van der Waals surface area contributed by atoms with Gasteiger partial charge in [0.25, 0.3) is 0 Å². The van der Waals surface area contributed by atoms with E-state index in [1.807, 2.05) is 0 Å². The molecule has 0 aromatic carbocycles. The van der Waals surface area contributed by atoms with Crippen LogP contribution in [0.1, 0.15) is 19.8 Å². The highest BCUT2D eigenvalue weighted by Gasteiger charge is 2.37. The monoisotopic (exact) mass is 308 g/mol. The van der Waals surface area contributed by atoms with Crippen LogP contribution in [0.4, 0.5) is 0 Å². The second kappa shape index (κ2) is 9.49. The number of hydrogen-bond donors (Lipinski definition) is 0. The highest BCUT2D eigenvalue weighted by Crippen LogP contribution is 2.14. The summed E-state index contributed by atoms with van der Waals surface area (Å²) < 4.78 is 20.6. The Labute approximate surface area is 123 Å². The van der Waals surface area contributed by atoms with Crippen LogP contribution in [0.15, 0.2) is 18.7 Å². The van der Waals surface area contributed by atoms with Crippen molar-refractivity contribution in [3.8, 4) is 0 Å². The van der Waals surface area contributed by atoms with E-state index in [9.17, 15) is 0 Å². The van der Waals surface area contributed by atoms with Crippen molar-refractivity contribution in [2.24, 2.45) is 0 Å². The molecule has 112 valence electrons. The Hall–Kier alpha value is -0.403. The third-order valence-corrected chi connectivity index (χ3v) is 5.89. The predicted octanol–water partition coefficient (Wildman–Crippen LogP) is -1.54. The van der Waals surface area contributed by atoms with Gasteiger partial charge in [0.15, 0.2) is 0 Å². The van der Waals surface area contributed by atoms with Crippen LogP contribution in [0.3, 0.4) is 0 Å². The highest BCUT2D eigenvalue weighted by atomic mass is 35.5. The van der Waals surface area contributed by atoms with E-state index < -0.39 is 8.80 Å². The smallest absolute Gasteiger partial charge is 0.500 e. The number of nitrogens with zero attached hydrogens (tertiary/aromatic N) is 2. The number of hydrogen-bond acceptors (Lipinski definition) is 3. The largest absolute Gasteiger partial charge is 1.00 e. The molecule has 5 nitrogen and oxygen atoms in total. The van der Waals surface area contributed by atoms with Crippen LogP contribution < -0.4 is 17.0 Å². The Kier molecular flexibility index (Phi) is 9.29. The maximum Gasteiger partial charge on any atom is 0.500 e. The minimum Gasteiger partial charge on any atom is -1.00 e. The number of aryl methyl sites for hydroxylation is 2. The molecule has 0 fully saturated rings. The Bertz CT molecular complexity index is 337. The Morgan fingerprint density at radius 3 is 2.32 bits per heavy atom. The SMILES string of the molecule is CCCn1cc[n+](CCC[Si](OC)(OC)OC)c1.[Cl-]. The van der Waals surface area contributed by atoms with Crippen LogP contribution in [-0.2, 0) is 26.4 Å². The zero-order chi connectivity index (χ0) is 13.4. The summed E-state index contributed by atoms with van der Waals surface area (Å²) in [6, 6.07) is 0.836. The molecule has 0 saturated carbocycles.